The number of hydrogen-bond donors (Lipinski definition) is 3. The van der Waals surface area contributed by atoms with Gasteiger partial charge in [-0.3, -0.25) is 0 Å². The Morgan fingerprint density at radius 2 is 1.83 bits per heavy atom. The topological polar surface area (TPSA) is 84.5 Å². The SMILES string of the molecule is N#Cc1ccc(S[C@H]2SC[C@H](O)[C@H](O)[C@H]2O)cc1. The van der Waals surface area contributed by atoms with Crippen LogP contribution in [0.25, 0.3) is 0 Å². The molecule has 18 heavy (non-hydrogen) atoms. The number of benzene rings is 1. The predicted octanol–water partition coefficient (Wildman–Crippen LogP) is 0.806. The van der Waals surface area contributed by atoms with Crippen LogP contribution in [0.1, 0.15) is 5.56 Å². The van der Waals surface area contributed by atoms with E-state index in [1.165, 1.54) is 23.5 Å². The molecule has 1 fully saturated rings. The highest BCUT2D eigenvalue weighted by molar-refractivity contribution is 8.17. The van der Waals surface area contributed by atoms with E-state index in [0.29, 0.717) is 11.3 Å². The third-order valence-corrected chi connectivity index (χ3v) is 5.58. The monoisotopic (exact) mass is 283 g/mol. The number of nitrogens with zero attached hydrogens (tertiary/aromatic N) is 1. The summed E-state index contributed by atoms with van der Waals surface area (Å²) in [5.41, 5.74) is 0.589. The fraction of sp³-hybridized carbons (Fsp3) is 0.417. The van der Waals surface area contributed by atoms with Gasteiger partial charge < -0.3 is 15.3 Å². The molecule has 2 rings (SSSR count). The summed E-state index contributed by atoms with van der Waals surface area (Å²) in [5, 5.41) is 37.6. The zero-order valence-corrected chi connectivity index (χ0v) is 11.1. The summed E-state index contributed by atoms with van der Waals surface area (Å²) in [5.74, 6) is 0.409. The summed E-state index contributed by atoms with van der Waals surface area (Å²) in [6.07, 6.45) is -2.93. The van der Waals surface area contributed by atoms with E-state index in [1.807, 2.05) is 18.2 Å². The Balaban J connectivity index is 2.02. The van der Waals surface area contributed by atoms with Gasteiger partial charge in [0, 0.05) is 10.6 Å². The van der Waals surface area contributed by atoms with Crippen molar-refractivity contribution in [3.8, 4) is 6.07 Å². The van der Waals surface area contributed by atoms with E-state index < -0.39 is 18.3 Å². The maximum atomic E-state index is 9.87. The largest absolute Gasteiger partial charge is 0.389 e. The lowest BCUT2D eigenvalue weighted by Gasteiger charge is -2.34. The van der Waals surface area contributed by atoms with Crippen molar-refractivity contribution in [3.63, 3.8) is 0 Å². The molecule has 0 aromatic heterocycles. The van der Waals surface area contributed by atoms with Crippen LogP contribution in [-0.2, 0) is 0 Å². The van der Waals surface area contributed by atoms with Gasteiger partial charge >= 0.3 is 0 Å². The van der Waals surface area contributed by atoms with Crippen LogP contribution >= 0.6 is 23.5 Å². The quantitative estimate of drug-likeness (QED) is 0.745. The Kier molecular flexibility index (Phi) is 4.54. The molecule has 4 atom stereocenters. The highest BCUT2D eigenvalue weighted by Gasteiger charge is 2.37. The molecule has 0 amide bonds. The van der Waals surface area contributed by atoms with Gasteiger partial charge in [0.15, 0.2) is 0 Å². The molecule has 3 N–H and O–H groups in total. The molecular weight excluding hydrogens is 270 g/mol. The van der Waals surface area contributed by atoms with Crippen LogP contribution in [0.2, 0.25) is 0 Å². The van der Waals surface area contributed by atoms with E-state index in [9.17, 15) is 15.3 Å². The van der Waals surface area contributed by atoms with E-state index in [2.05, 4.69) is 0 Å². The van der Waals surface area contributed by atoms with Crippen LogP contribution in [0.4, 0.5) is 0 Å². The molecule has 4 nitrogen and oxygen atoms in total. The highest BCUT2D eigenvalue weighted by atomic mass is 32.2. The standard InChI is InChI=1S/C12H13NO3S2/c13-5-7-1-3-8(4-2-7)18-12-11(16)10(15)9(14)6-17-12/h1-4,9-12,14-16H,6H2/t9-,10-,11+,12+/m0/s1. The minimum absolute atomic E-state index is 0.212. The number of nitriles is 1. The zero-order chi connectivity index (χ0) is 13.1. The Labute approximate surface area is 114 Å². The Bertz CT molecular complexity index is 446. The molecule has 0 saturated carbocycles. The molecule has 0 aliphatic carbocycles. The maximum Gasteiger partial charge on any atom is 0.108 e. The Morgan fingerprint density at radius 1 is 1.17 bits per heavy atom. The van der Waals surface area contributed by atoms with Crippen molar-refractivity contribution in [1.29, 1.82) is 5.26 Å². The van der Waals surface area contributed by atoms with Gasteiger partial charge in [-0.05, 0) is 24.3 Å². The highest BCUT2D eigenvalue weighted by Crippen LogP contribution is 2.38. The lowest BCUT2D eigenvalue weighted by Crippen LogP contribution is -2.47. The molecular formula is C12H13NO3S2. The normalized spacial score (nSPS) is 31.9. The summed E-state index contributed by atoms with van der Waals surface area (Å²) in [6.45, 7) is 0. The van der Waals surface area contributed by atoms with Gasteiger partial charge in [0.2, 0.25) is 0 Å². The molecule has 1 saturated heterocycles. The first-order valence-corrected chi connectivity index (χ1v) is 7.37. The predicted molar refractivity (Wildman–Crippen MR) is 71.3 cm³/mol. The van der Waals surface area contributed by atoms with Gasteiger partial charge in [-0.1, -0.05) is 0 Å². The average Bonchev–Trinajstić information content (AvgIpc) is 2.40. The van der Waals surface area contributed by atoms with Gasteiger partial charge in [-0.25, -0.2) is 0 Å². The average molecular weight is 283 g/mol. The van der Waals surface area contributed by atoms with Crippen molar-refractivity contribution in [1.82, 2.24) is 0 Å². The van der Waals surface area contributed by atoms with Crippen molar-refractivity contribution >= 4 is 23.5 Å². The third-order valence-electron chi connectivity index (χ3n) is 2.69. The number of aliphatic hydroxyl groups is 3. The lowest BCUT2D eigenvalue weighted by atomic mass is 10.1. The fourth-order valence-electron chi connectivity index (χ4n) is 1.63. The minimum atomic E-state index is -1.10. The number of thioether (sulfide) groups is 2. The van der Waals surface area contributed by atoms with E-state index in [1.54, 1.807) is 12.1 Å². The van der Waals surface area contributed by atoms with E-state index in [-0.39, 0.29) is 4.58 Å². The van der Waals surface area contributed by atoms with Gasteiger partial charge in [0.1, 0.15) is 12.2 Å². The first-order valence-electron chi connectivity index (χ1n) is 5.44. The van der Waals surface area contributed by atoms with Crippen LogP contribution in [0.15, 0.2) is 29.2 Å². The van der Waals surface area contributed by atoms with Gasteiger partial charge in [0.05, 0.1) is 22.3 Å². The molecule has 6 heteroatoms. The van der Waals surface area contributed by atoms with E-state index in [4.69, 9.17) is 5.26 Å². The molecule has 0 spiro atoms. The van der Waals surface area contributed by atoms with Gasteiger partial charge in [0.25, 0.3) is 0 Å². The lowest BCUT2D eigenvalue weighted by molar-refractivity contribution is -0.0474. The molecule has 0 radical (unpaired) electrons. The third kappa shape index (κ3) is 2.99. The van der Waals surface area contributed by atoms with E-state index >= 15 is 0 Å². The molecule has 1 aliphatic heterocycles. The molecule has 1 aromatic rings. The van der Waals surface area contributed by atoms with Crippen LogP contribution < -0.4 is 0 Å². The van der Waals surface area contributed by atoms with Crippen LogP contribution in [0.3, 0.4) is 0 Å². The zero-order valence-electron chi connectivity index (χ0n) is 9.43. The first kappa shape index (κ1) is 13.7. The van der Waals surface area contributed by atoms with Crippen LogP contribution in [0.5, 0.6) is 0 Å². The van der Waals surface area contributed by atoms with Gasteiger partial charge in [-0.15, -0.1) is 23.5 Å². The Hall–Kier alpha value is -0.710. The number of rotatable bonds is 2. The van der Waals surface area contributed by atoms with E-state index in [0.717, 1.165) is 4.90 Å². The van der Waals surface area contributed by atoms with Crippen LogP contribution in [0, 0.1) is 11.3 Å². The maximum absolute atomic E-state index is 9.87. The van der Waals surface area contributed by atoms with Crippen LogP contribution in [-0.4, -0.2) is 44.0 Å². The summed E-state index contributed by atoms with van der Waals surface area (Å²) < 4.78 is -0.212. The van der Waals surface area contributed by atoms with Crippen molar-refractivity contribution in [2.75, 3.05) is 5.75 Å². The van der Waals surface area contributed by atoms with Crippen molar-refractivity contribution < 1.29 is 15.3 Å². The van der Waals surface area contributed by atoms with Gasteiger partial charge in [-0.2, -0.15) is 5.26 Å². The second kappa shape index (κ2) is 5.95. The van der Waals surface area contributed by atoms with Crippen molar-refractivity contribution in [3.05, 3.63) is 29.8 Å². The van der Waals surface area contributed by atoms with Crippen molar-refractivity contribution in [2.24, 2.45) is 0 Å². The molecule has 0 bridgehead atoms. The first-order chi connectivity index (χ1) is 8.61. The second-order valence-corrected chi connectivity index (χ2v) is 6.69. The smallest absolute Gasteiger partial charge is 0.108 e. The summed E-state index contributed by atoms with van der Waals surface area (Å²) in [6, 6.07) is 9.10. The molecule has 0 unspecified atom stereocenters. The Morgan fingerprint density at radius 3 is 2.44 bits per heavy atom. The van der Waals surface area contributed by atoms with Crippen molar-refractivity contribution in [2.45, 2.75) is 27.8 Å². The fourth-order valence-corrected chi connectivity index (χ4v) is 4.27. The number of hydrogen-bond acceptors (Lipinski definition) is 6. The minimum Gasteiger partial charge on any atom is -0.389 e. The summed E-state index contributed by atoms with van der Waals surface area (Å²) in [4.78, 5) is 0.925. The summed E-state index contributed by atoms with van der Waals surface area (Å²) in [7, 11) is 0. The molecule has 1 aliphatic rings. The molecule has 96 valence electrons. The number of aliphatic hydroxyl groups excluding tert-OH is 3. The summed E-state index contributed by atoms with van der Waals surface area (Å²) >= 11 is 2.86. The second-order valence-electron chi connectivity index (χ2n) is 4.00. The molecule has 1 aromatic carbocycles. The molecule has 1 heterocycles.